The van der Waals surface area contributed by atoms with Gasteiger partial charge in [-0.25, -0.2) is 9.59 Å². The molecule has 0 aliphatic heterocycles. The molecule has 0 amide bonds. The summed E-state index contributed by atoms with van der Waals surface area (Å²) in [6.07, 6.45) is 1.03. The van der Waals surface area contributed by atoms with Crippen molar-refractivity contribution in [3.05, 3.63) is 48.6 Å². The quantitative estimate of drug-likeness (QED) is 0.243. The molecule has 0 aromatic heterocycles. The molecule has 0 aromatic rings. The summed E-state index contributed by atoms with van der Waals surface area (Å²) in [7, 11) is 1.18. The van der Waals surface area contributed by atoms with Gasteiger partial charge in [0.15, 0.2) is 0 Å². The Balaban J connectivity index is 3.30. The maximum absolute atomic E-state index is 12.6. The van der Waals surface area contributed by atoms with E-state index in [1.807, 2.05) is 0 Å². The molecule has 1 aliphatic rings. The molecule has 8 nitrogen and oxygen atoms in total. The van der Waals surface area contributed by atoms with Gasteiger partial charge < -0.3 is 24.4 Å². The van der Waals surface area contributed by atoms with E-state index in [1.54, 1.807) is 13.0 Å². The second-order valence-corrected chi connectivity index (χ2v) is 7.87. The first-order valence-corrected chi connectivity index (χ1v) is 9.81. The van der Waals surface area contributed by atoms with E-state index in [-0.39, 0.29) is 30.8 Å². The molecule has 5 atom stereocenters. The lowest BCUT2D eigenvalue weighted by molar-refractivity contribution is -0.161. The van der Waals surface area contributed by atoms with Crippen LogP contribution in [0.15, 0.2) is 48.6 Å². The molecule has 0 radical (unpaired) electrons. The Labute approximate surface area is 182 Å². The number of rotatable bonds is 9. The minimum Gasteiger partial charge on any atom is -0.466 e. The van der Waals surface area contributed by atoms with Crippen LogP contribution >= 0.6 is 0 Å². The van der Waals surface area contributed by atoms with Gasteiger partial charge in [0.05, 0.1) is 25.7 Å². The zero-order chi connectivity index (χ0) is 23.9. The van der Waals surface area contributed by atoms with Crippen molar-refractivity contribution in [3.63, 3.8) is 0 Å². The number of esters is 3. The molecule has 0 heterocycles. The first kappa shape index (κ1) is 26.3. The maximum Gasteiger partial charge on any atom is 0.333 e. The van der Waals surface area contributed by atoms with Gasteiger partial charge in [-0.1, -0.05) is 26.2 Å². The van der Waals surface area contributed by atoms with E-state index < -0.39 is 47.4 Å². The van der Waals surface area contributed by atoms with Crippen molar-refractivity contribution in [3.8, 4) is 0 Å². The Morgan fingerprint density at radius 2 is 1.81 bits per heavy atom. The molecule has 1 fully saturated rings. The van der Waals surface area contributed by atoms with Crippen LogP contribution in [0.1, 0.15) is 27.2 Å². The average Bonchev–Trinajstić information content (AvgIpc) is 2.71. The van der Waals surface area contributed by atoms with E-state index in [0.29, 0.717) is 5.57 Å². The predicted octanol–water partition coefficient (Wildman–Crippen LogP) is 1.87. The van der Waals surface area contributed by atoms with Gasteiger partial charge in [0.2, 0.25) is 0 Å². The molecule has 8 heteroatoms. The fraction of sp³-hybridized carbons (Fsp3) is 0.522. The van der Waals surface area contributed by atoms with E-state index >= 15 is 0 Å². The first-order valence-electron chi connectivity index (χ1n) is 9.81. The molecule has 0 unspecified atom stereocenters. The van der Waals surface area contributed by atoms with Crippen molar-refractivity contribution in [2.75, 3.05) is 20.3 Å². The van der Waals surface area contributed by atoms with Crippen molar-refractivity contribution in [2.24, 2.45) is 17.3 Å². The van der Waals surface area contributed by atoms with Gasteiger partial charge in [-0.3, -0.25) is 4.79 Å². The predicted molar refractivity (Wildman–Crippen MR) is 114 cm³/mol. The van der Waals surface area contributed by atoms with E-state index in [9.17, 15) is 24.6 Å². The molecule has 1 aliphatic carbocycles. The molecular weight excluding hydrogens is 404 g/mol. The number of carbonyl (C=O) groups excluding carboxylic acids is 3. The maximum atomic E-state index is 12.6. The van der Waals surface area contributed by atoms with Crippen LogP contribution in [0.3, 0.4) is 0 Å². The summed E-state index contributed by atoms with van der Waals surface area (Å²) in [5.74, 6) is -3.57. The first-order chi connectivity index (χ1) is 14.4. The van der Waals surface area contributed by atoms with Crippen LogP contribution in [-0.2, 0) is 28.6 Å². The van der Waals surface area contributed by atoms with Crippen LogP contribution in [0.2, 0.25) is 0 Å². The fourth-order valence-corrected chi connectivity index (χ4v) is 3.93. The lowest BCUT2D eigenvalue weighted by atomic mass is 9.58. The molecule has 172 valence electrons. The molecular formula is C23H32O8. The highest BCUT2D eigenvalue weighted by Crippen LogP contribution is 2.50. The molecule has 0 bridgehead atoms. The van der Waals surface area contributed by atoms with Gasteiger partial charge in [0.25, 0.3) is 0 Å². The fourth-order valence-electron chi connectivity index (χ4n) is 3.93. The molecule has 1 rings (SSSR count). The Bertz CT molecular complexity index is 780. The normalized spacial score (nSPS) is 28.3. The second kappa shape index (κ2) is 11.1. The van der Waals surface area contributed by atoms with Gasteiger partial charge in [-0.05, 0) is 30.4 Å². The third-order valence-electron chi connectivity index (χ3n) is 5.68. The lowest BCUT2D eigenvalue weighted by Crippen LogP contribution is -2.54. The Hall–Kier alpha value is -2.71. The monoisotopic (exact) mass is 436 g/mol. The summed E-state index contributed by atoms with van der Waals surface area (Å²) in [6.45, 7) is 15.5. The third kappa shape index (κ3) is 6.15. The number of hydrogen-bond acceptors (Lipinski definition) is 8. The van der Waals surface area contributed by atoms with Crippen LogP contribution in [-0.4, -0.2) is 60.7 Å². The number of aliphatic hydroxyl groups is 2. The van der Waals surface area contributed by atoms with Crippen LogP contribution in [0.4, 0.5) is 0 Å². The summed E-state index contributed by atoms with van der Waals surface area (Å²) in [5.41, 5.74) is -0.289. The highest BCUT2D eigenvalue weighted by molar-refractivity contribution is 5.89. The van der Waals surface area contributed by atoms with Crippen LogP contribution < -0.4 is 0 Å². The van der Waals surface area contributed by atoms with Crippen molar-refractivity contribution < 1.29 is 38.8 Å². The standard InChI is InChI=1S/C23H32O8/c1-8-23(6)11-17(31-21(27)13(2)9-10-30-16(5)25)18(15(4)22(28)29-7)20(26)19(23)14(3)12-24/h8-9,17-20,24,26H,1,3-4,10-12H2,2,5-7H3/b13-9-/t17-,18-,19-,20+,23+/m0/s1. The minimum atomic E-state index is -1.24. The summed E-state index contributed by atoms with van der Waals surface area (Å²) < 4.78 is 15.2. The Morgan fingerprint density at radius 1 is 1.19 bits per heavy atom. The molecule has 0 aromatic carbocycles. The number of allylic oxidation sites excluding steroid dienone is 1. The number of aliphatic hydroxyl groups excluding tert-OH is 2. The smallest absolute Gasteiger partial charge is 0.333 e. The van der Waals surface area contributed by atoms with E-state index in [1.165, 1.54) is 27.0 Å². The second-order valence-electron chi connectivity index (χ2n) is 7.87. The van der Waals surface area contributed by atoms with Crippen molar-refractivity contribution >= 4 is 17.9 Å². The number of carbonyl (C=O) groups is 3. The van der Waals surface area contributed by atoms with Crippen molar-refractivity contribution in [1.29, 1.82) is 0 Å². The van der Waals surface area contributed by atoms with Gasteiger partial charge in [0.1, 0.15) is 12.7 Å². The molecule has 2 N–H and O–H groups in total. The zero-order valence-corrected chi connectivity index (χ0v) is 18.6. The Kier molecular flexibility index (Phi) is 9.40. The van der Waals surface area contributed by atoms with Crippen LogP contribution in [0.5, 0.6) is 0 Å². The van der Waals surface area contributed by atoms with Gasteiger partial charge in [-0.2, -0.15) is 0 Å². The molecule has 0 saturated heterocycles. The van der Waals surface area contributed by atoms with Crippen LogP contribution in [0.25, 0.3) is 0 Å². The number of hydrogen-bond donors (Lipinski definition) is 2. The van der Waals surface area contributed by atoms with Crippen molar-refractivity contribution in [2.45, 2.75) is 39.4 Å². The van der Waals surface area contributed by atoms with E-state index in [2.05, 4.69) is 19.7 Å². The number of ether oxygens (including phenoxy) is 3. The lowest BCUT2D eigenvalue weighted by Gasteiger charge is -2.50. The van der Waals surface area contributed by atoms with Gasteiger partial charge in [-0.15, -0.1) is 6.58 Å². The topological polar surface area (TPSA) is 119 Å². The largest absolute Gasteiger partial charge is 0.466 e. The van der Waals surface area contributed by atoms with Gasteiger partial charge >= 0.3 is 17.9 Å². The molecule has 0 spiro atoms. The molecule has 1 saturated carbocycles. The third-order valence-corrected chi connectivity index (χ3v) is 5.68. The van der Waals surface area contributed by atoms with E-state index in [0.717, 1.165) is 0 Å². The van der Waals surface area contributed by atoms with Crippen LogP contribution in [0, 0.1) is 17.3 Å². The summed E-state index contributed by atoms with van der Waals surface area (Å²) >= 11 is 0. The van der Waals surface area contributed by atoms with E-state index in [4.69, 9.17) is 14.2 Å². The SMILES string of the molecule is C=C[C@]1(C)C[C@H](OC(=O)/C(C)=C\COC(C)=O)[C@H](C(=C)C(=O)OC)[C@@H](O)[C@@H]1C(=C)CO. The minimum absolute atomic E-state index is 0.0591. The summed E-state index contributed by atoms with van der Waals surface area (Å²) in [4.78, 5) is 35.7. The average molecular weight is 437 g/mol. The van der Waals surface area contributed by atoms with Crippen molar-refractivity contribution in [1.82, 2.24) is 0 Å². The summed E-state index contributed by atoms with van der Waals surface area (Å²) in [6, 6.07) is 0. The number of methoxy groups -OCH3 is 1. The molecule has 31 heavy (non-hydrogen) atoms. The Morgan fingerprint density at radius 3 is 2.29 bits per heavy atom. The summed E-state index contributed by atoms with van der Waals surface area (Å²) in [5, 5.41) is 20.8. The highest BCUT2D eigenvalue weighted by Gasteiger charge is 2.53. The van der Waals surface area contributed by atoms with Gasteiger partial charge in [0, 0.05) is 24.0 Å². The zero-order valence-electron chi connectivity index (χ0n) is 18.6. The highest BCUT2D eigenvalue weighted by atomic mass is 16.5.